The van der Waals surface area contributed by atoms with Crippen molar-refractivity contribution in [2.75, 3.05) is 0 Å². The minimum absolute atomic E-state index is 0.0729. The van der Waals surface area contributed by atoms with E-state index in [1.54, 1.807) is 0 Å². The highest BCUT2D eigenvalue weighted by molar-refractivity contribution is 5.91. The molecule has 0 heterocycles. The van der Waals surface area contributed by atoms with Crippen LogP contribution in [0, 0.1) is 41.4 Å². The van der Waals surface area contributed by atoms with Crippen LogP contribution in [-0.4, -0.2) is 17.4 Å². The minimum atomic E-state index is -0.721. The molecule has 4 rings (SSSR count). The molecule has 158 valence electrons. The van der Waals surface area contributed by atoms with E-state index in [1.165, 1.54) is 5.57 Å². The number of terminal acetylenes is 1. The van der Waals surface area contributed by atoms with Crippen molar-refractivity contribution >= 4 is 11.8 Å². The SMILES string of the molecule is C#C[C@]1(OC(=O)CCCC)CC[C@H]2[C@@H]3CCC4=CC(=O)CC[C@@H]4[C@H]3CC[C@@]21CC. The van der Waals surface area contributed by atoms with Crippen LogP contribution < -0.4 is 0 Å². The summed E-state index contributed by atoms with van der Waals surface area (Å²) in [5.41, 5.74) is 0.621. The zero-order chi connectivity index (χ0) is 20.6. The maximum Gasteiger partial charge on any atom is 0.307 e. The standard InChI is InChI=1S/C26H36O3/c1-4-7-8-24(28)29-26(6-3)16-14-23-22-11-9-18-17-19(27)10-12-20(18)21(22)13-15-25(23,26)5-2/h3,17,20-23H,4-5,7-16H2,1-2H3/t20-,21+,22+,23-,25-,26-/m0/s1. The van der Waals surface area contributed by atoms with Gasteiger partial charge in [0, 0.05) is 18.3 Å². The second-order valence-electron chi connectivity index (χ2n) is 9.94. The first-order valence-corrected chi connectivity index (χ1v) is 11.9. The van der Waals surface area contributed by atoms with E-state index in [1.807, 2.05) is 6.08 Å². The number of esters is 1. The smallest absolute Gasteiger partial charge is 0.307 e. The van der Waals surface area contributed by atoms with Gasteiger partial charge in [0.05, 0.1) is 0 Å². The molecule has 0 bridgehead atoms. The molecule has 6 atom stereocenters. The van der Waals surface area contributed by atoms with E-state index in [2.05, 4.69) is 19.8 Å². The van der Waals surface area contributed by atoms with Gasteiger partial charge in [0.1, 0.15) is 0 Å². The summed E-state index contributed by atoms with van der Waals surface area (Å²) in [6.45, 7) is 4.34. The van der Waals surface area contributed by atoms with Crippen molar-refractivity contribution in [3.05, 3.63) is 11.6 Å². The number of allylic oxidation sites excluding steroid dienone is 1. The lowest BCUT2D eigenvalue weighted by Gasteiger charge is -2.56. The van der Waals surface area contributed by atoms with Crippen LogP contribution >= 0.6 is 0 Å². The van der Waals surface area contributed by atoms with Crippen LogP contribution in [0.4, 0.5) is 0 Å². The quantitative estimate of drug-likeness (QED) is 0.447. The lowest BCUT2D eigenvalue weighted by molar-refractivity contribution is -0.173. The highest BCUT2D eigenvalue weighted by Gasteiger charge is 2.65. The van der Waals surface area contributed by atoms with Gasteiger partial charge in [0.25, 0.3) is 0 Å². The van der Waals surface area contributed by atoms with Crippen molar-refractivity contribution < 1.29 is 14.3 Å². The number of carbonyl (C=O) groups excluding carboxylic acids is 2. The van der Waals surface area contributed by atoms with Crippen LogP contribution in [0.15, 0.2) is 11.6 Å². The fraction of sp³-hybridized carbons (Fsp3) is 0.769. The molecule has 0 N–H and O–H groups in total. The fourth-order valence-electron chi connectivity index (χ4n) is 7.68. The summed E-state index contributed by atoms with van der Waals surface area (Å²) in [5, 5.41) is 0. The van der Waals surface area contributed by atoms with Crippen molar-refractivity contribution in [1.29, 1.82) is 0 Å². The van der Waals surface area contributed by atoms with Gasteiger partial charge >= 0.3 is 5.97 Å². The van der Waals surface area contributed by atoms with E-state index in [-0.39, 0.29) is 11.4 Å². The zero-order valence-electron chi connectivity index (χ0n) is 18.2. The summed E-state index contributed by atoms with van der Waals surface area (Å²) in [6.07, 6.45) is 19.5. The second kappa shape index (κ2) is 7.93. The summed E-state index contributed by atoms with van der Waals surface area (Å²) in [5.74, 6) is 5.71. The normalized spacial score (nSPS) is 40.9. The van der Waals surface area contributed by atoms with E-state index >= 15 is 0 Å². The van der Waals surface area contributed by atoms with Crippen LogP contribution in [0.2, 0.25) is 0 Å². The molecule has 3 heteroatoms. The van der Waals surface area contributed by atoms with E-state index in [0.717, 1.165) is 64.2 Å². The van der Waals surface area contributed by atoms with Crippen LogP contribution in [0.3, 0.4) is 0 Å². The lowest BCUT2D eigenvalue weighted by Crippen LogP contribution is -2.55. The average molecular weight is 397 g/mol. The Labute approximate surface area is 176 Å². The molecular weight excluding hydrogens is 360 g/mol. The number of rotatable bonds is 5. The minimum Gasteiger partial charge on any atom is -0.445 e. The Morgan fingerprint density at radius 1 is 1.17 bits per heavy atom. The molecule has 0 saturated heterocycles. The highest BCUT2D eigenvalue weighted by atomic mass is 16.6. The Morgan fingerprint density at radius 3 is 2.72 bits per heavy atom. The third kappa shape index (κ3) is 3.18. The largest absolute Gasteiger partial charge is 0.445 e. The molecule has 3 nitrogen and oxygen atoms in total. The molecule has 29 heavy (non-hydrogen) atoms. The first-order chi connectivity index (χ1) is 14.0. The molecule has 3 fully saturated rings. The third-order valence-electron chi connectivity index (χ3n) is 9.01. The fourth-order valence-corrected chi connectivity index (χ4v) is 7.68. The van der Waals surface area contributed by atoms with Gasteiger partial charge in [-0.3, -0.25) is 9.59 Å². The van der Waals surface area contributed by atoms with Gasteiger partial charge in [-0.1, -0.05) is 31.8 Å². The maximum absolute atomic E-state index is 12.6. The summed E-state index contributed by atoms with van der Waals surface area (Å²) in [6, 6.07) is 0. The van der Waals surface area contributed by atoms with Crippen LogP contribution in [0.5, 0.6) is 0 Å². The molecule has 0 aromatic carbocycles. The van der Waals surface area contributed by atoms with Crippen LogP contribution in [-0.2, 0) is 14.3 Å². The van der Waals surface area contributed by atoms with Gasteiger partial charge in [-0.05, 0) is 87.5 Å². The molecule has 0 amide bonds. The molecular formula is C26H36O3. The van der Waals surface area contributed by atoms with Crippen molar-refractivity contribution in [2.24, 2.45) is 29.1 Å². The van der Waals surface area contributed by atoms with Crippen molar-refractivity contribution in [2.45, 2.75) is 96.5 Å². The number of ether oxygens (including phenoxy) is 1. The predicted molar refractivity (Wildman–Crippen MR) is 114 cm³/mol. The predicted octanol–water partition coefficient (Wildman–Crippen LogP) is 5.62. The summed E-state index contributed by atoms with van der Waals surface area (Å²) < 4.78 is 6.18. The number of hydrogen-bond acceptors (Lipinski definition) is 3. The molecule has 0 aromatic heterocycles. The number of ketones is 1. The number of unbranched alkanes of at least 4 members (excludes halogenated alkanes) is 1. The van der Waals surface area contributed by atoms with Gasteiger partial charge in [0.15, 0.2) is 11.4 Å². The molecule has 4 aliphatic rings. The Hall–Kier alpha value is -1.56. The molecule has 3 saturated carbocycles. The van der Waals surface area contributed by atoms with Crippen molar-refractivity contribution in [3.8, 4) is 12.3 Å². The lowest BCUT2D eigenvalue weighted by atomic mass is 9.49. The topological polar surface area (TPSA) is 43.4 Å². The molecule has 0 aliphatic heterocycles. The summed E-state index contributed by atoms with van der Waals surface area (Å²) in [7, 11) is 0. The van der Waals surface area contributed by atoms with E-state index in [9.17, 15) is 9.59 Å². The molecule has 0 spiro atoms. The van der Waals surface area contributed by atoms with Crippen molar-refractivity contribution in [3.63, 3.8) is 0 Å². The van der Waals surface area contributed by atoms with E-state index in [4.69, 9.17) is 11.2 Å². The van der Waals surface area contributed by atoms with E-state index in [0.29, 0.717) is 42.3 Å². The highest BCUT2D eigenvalue weighted by Crippen LogP contribution is 2.67. The monoisotopic (exact) mass is 396 g/mol. The molecule has 0 unspecified atom stereocenters. The Balaban J connectivity index is 1.60. The Bertz CT molecular complexity index is 744. The van der Waals surface area contributed by atoms with Gasteiger partial charge in [-0.2, -0.15) is 0 Å². The first-order valence-electron chi connectivity index (χ1n) is 11.9. The average Bonchev–Trinajstić information content (AvgIpc) is 3.06. The summed E-state index contributed by atoms with van der Waals surface area (Å²) in [4.78, 5) is 24.5. The van der Waals surface area contributed by atoms with Gasteiger partial charge in [-0.15, -0.1) is 6.42 Å². The number of carbonyl (C=O) groups is 2. The second-order valence-corrected chi connectivity index (χ2v) is 9.94. The van der Waals surface area contributed by atoms with Gasteiger partial charge in [0.2, 0.25) is 0 Å². The van der Waals surface area contributed by atoms with Crippen LogP contribution in [0.1, 0.15) is 90.9 Å². The van der Waals surface area contributed by atoms with Gasteiger partial charge < -0.3 is 4.74 Å². The zero-order valence-corrected chi connectivity index (χ0v) is 18.2. The number of hydrogen-bond donors (Lipinski definition) is 0. The maximum atomic E-state index is 12.6. The van der Waals surface area contributed by atoms with E-state index < -0.39 is 5.60 Å². The van der Waals surface area contributed by atoms with Crippen LogP contribution in [0.25, 0.3) is 0 Å². The number of fused-ring (bicyclic) bond motifs is 5. The Morgan fingerprint density at radius 2 is 2.00 bits per heavy atom. The molecule has 0 radical (unpaired) electrons. The molecule has 0 aromatic rings. The van der Waals surface area contributed by atoms with Gasteiger partial charge in [-0.25, -0.2) is 0 Å². The molecule has 4 aliphatic carbocycles. The first kappa shape index (κ1) is 20.7. The Kier molecular flexibility index (Phi) is 5.66. The third-order valence-corrected chi connectivity index (χ3v) is 9.01. The van der Waals surface area contributed by atoms with Crippen molar-refractivity contribution in [1.82, 2.24) is 0 Å². The summed E-state index contributed by atoms with van der Waals surface area (Å²) >= 11 is 0.